The number of benzene rings is 2. The minimum Gasteiger partial charge on any atom is -0.381 e. The molecule has 2 aliphatic rings. The number of carbonyl (C=O) groups is 1. The van der Waals surface area contributed by atoms with Gasteiger partial charge in [-0.2, -0.15) is 13.2 Å². The molecule has 0 bridgehead atoms. The summed E-state index contributed by atoms with van der Waals surface area (Å²) in [6.07, 6.45) is -1.47. The van der Waals surface area contributed by atoms with E-state index in [1.54, 1.807) is 25.6 Å². The third-order valence-corrected chi connectivity index (χ3v) is 7.62. The van der Waals surface area contributed by atoms with E-state index in [1.807, 2.05) is 43.7 Å². The van der Waals surface area contributed by atoms with Crippen molar-refractivity contribution in [3.05, 3.63) is 76.4 Å². The fraction of sp³-hybridized carbons (Fsp3) is 0.464. The van der Waals surface area contributed by atoms with Gasteiger partial charge in [0.15, 0.2) is 0 Å². The van der Waals surface area contributed by atoms with Gasteiger partial charge >= 0.3 is 6.18 Å². The van der Waals surface area contributed by atoms with Crippen molar-refractivity contribution in [2.75, 3.05) is 18.6 Å². The summed E-state index contributed by atoms with van der Waals surface area (Å²) in [7, 11) is 3.56. The van der Waals surface area contributed by atoms with Crippen LogP contribution in [-0.4, -0.2) is 40.4 Å². The van der Waals surface area contributed by atoms with Crippen molar-refractivity contribution in [1.29, 1.82) is 0 Å². The number of halogens is 3. The number of amides is 1. The Kier molecular flexibility index (Phi) is 6.81. The Balaban J connectivity index is 1.49. The third-order valence-electron chi connectivity index (χ3n) is 7.62. The van der Waals surface area contributed by atoms with E-state index in [9.17, 15) is 18.0 Å². The van der Waals surface area contributed by atoms with E-state index in [1.165, 1.54) is 11.0 Å². The van der Waals surface area contributed by atoms with Crippen LogP contribution in [0.3, 0.4) is 0 Å². The molecule has 0 saturated heterocycles. The highest BCUT2D eigenvalue weighted by molar-refractivity contribution is 6.10. The first kappa shape index (κ1) is 26.4. The molecule has 1 N–H and O–H groups in total. The van der Waals surface area contributed by atoms with Crippen molar-refractivity contribution in [3.8, 4) is 0 Å². The van der Waals surface area contributed by atoms with Crippen molar-refractivity contribution in [2.45, 2.75) is 57.5 Å². The Labute approximate surface area is 220 Å². The fourth-order valence-corrected chi connectivity index (χ4v) is 5.66. The van der Waals surface area contributed by atoms with Crippen LogP contribution in [0.1, 0.15) is 65.1 Å². The van der Waals surface area contributed by atoms with Crippen molar-refractivity contribution < 1.29 is 22.7 Å². The van der Waals surface area contributed by atoms with E-state index in [4.69, 9.17) is 4.74 Å². The number of aromatic nitrogens is 3. The average Bonchev–Trinajstić information content (AvgIpc) is 3.41. The van der Waals surface area contributed by atoms with Crippen LogP contribution < -0.4 is 10.2 Å². The molecule has 1 aliphatic heterocycles. The van der Waals surface area contributed by atoms with Gasteiger partial charge < -0.3 is 19.5 Å². The lowest BCUT2D eigenvalue weighted by Gasteiger charge is -2.46. The summed E-state index contributed by atoms with van der Waals surface area (Å²) in [6, 6.07) is 10.2. The van der Waals surface area contributed by atoms with Crippen LogP contribution in [0.25, 0.3) is 0 Å². The Morgan fingerprint density at radius 3 is 2.61 bits per heavy atom. The molecule has 0 radical (unpaired) electrons. The van der Waals surface area contributed by atoms with E-state index < -0.39 is 23.1 Å². The molecule has 10 heteroatoms. The van der Waals surface area contributed by atoms with Gasteiger partial charge in [-0.25, -0.2) is 0 Å². The van der Waals surface area contributed by atoms with E-state index in [0.29, 0.717) is 36.6 Å². The van der Waals surface area contributed by atoms with Gasteiger partial charge in [-0.3, -0.25) is 4.79 Å². The Morgan fingerprint density at radius 1 is 1.21 bits per heavy atom. The highest BCUT2D eigenvalue weighted by Crippen LogP contribution is 2.50. The highest BCUT2D eigenvalue weighted by atomic mass is 19.4. The highest BCUT2D eigenvalue weighted by Gasteiger charge is 2.50. The van der Waals surface area contributed by atoms with Crippen LogP contribution in [0.2, 0.25) is 0 Å². The summed E-state index contributed by atoms with van der Waals surface area (Å²) in [5.41, 5.74) is 0.854. The maximum atomic E-state index is 14.1. The number of rotatable bonds is 8. The second-order valence-electron chi connectivity index (χ2n) is 10.7. The van der Waals surface area contributed by atoms with Gasteiger partial charge in [0.2, 0.25) is 0 Å². The topological polar surface area (TPSA) is 72.3 Å². The van der Waals surface area contributed by atoms with Crippen LogP contribution in [0.15, 0.2) is 42.7 Å². The number of nitrogens with one attached hydrogen (secondary N) is 1. The quantitative estimate of drug-likeness (QED) is 0.454. The second kappa shape index (κ2) is 9.81. The van der Waals surface area contributed by atoms with Crippen LogP contribution in [0.4, 0.5) is 18.9 Å². The molecule has 2 aromatic carbocycles. The number of alkyl halides is 3. The first-order valence-electron chi connectivity index (χ1n) is 12.8. The number of nitrogens with zero attached hydrogens (tertiary/aromatic N) is 4. The molecule has 2 heterocycles. The lowest BCUT2D eigenvalue weighted by atomic mass is 9.62. The molecular formula is C28H32F3N5O2. The summed E-state index contributed by atoms with van der Waals surface area (Å²) >= 11 is 0. The fourth-order valence-electron chi connectivity index (χ4n) is 5.66. The number of hydrogen-bond acceptors (Lipinski definition) is 5. The van der Waals surface area contributed by atoms with Crippen molar-refractivity contribution in [1.82, 2.24) is 20.1 Å². The minimum atomic E-state index is -4.56. The van der Waals surface area contributed by atoms with Crippen LogP contribution >= 0.6 is 0 Å². The Bertz CT molecular complexity index is 1340. The zero-order valence-corrected chi connectivity index (χ0v) is 22.0. The molecule has 0 unspecified atom stereocenters. The van der Waals surface area contributed by atoms with Gasteiger partial charge in [-0.05, 0) is 66.3 Å². The normalized spacial score (nSPS) is 21.2. The van der Waals surface area contributed by atoms with Gasteiger partial charge in [0.05, 0.1) is 23.6 Å². The lowest BCUT2D eigenvalue weighted by Crippen LogP contribution is -2.48. The molecule has 202 valence electrons. The zero-order chi connectivity index (χ0) is 27.2. The predicted octanol–water partition coefficient (Wildman–Crippen LogP) is 4.83. The smallest absolute Gasteiger partial charge is 0.381 e. The molecule has 0 atom stereocenters. The first-order valence-corrected chi connectivity index (χ1v) is 12.8. The molecule has 0 spiro atoms. The minimum absolute atomic E-state index is 0.0200. The third kappa shape index (κ3) is 4.60. The zero-order valence-electron chi connectivity index (χ0n) is 22.0. The van der Waals surface area contributed by atoms with Crippen molar-refractivity contribution in [3.63, 3.8) is 0 Å². The number of ether oxygens (including phenoxy) is 1. The van der Waals surface area contributed by atoms with Crippen LogP contribution in [-0.2, 0) is 36.5 Å². The summed E-state index contributed by atoms with van der Waals surface area (Å²) in [4.78, 5) is 15.0. The molecule has 1 aliphatic carbocycles. The maximum Gasteiger partial charge on any atom is 0.416 e. The molecule has 5 rings (SSSR count). The average molecular weight is 528 g/mol. The number of fused-ring (bicyclic) bond motifs is 1. The monoisotopic (exact) mass is 527 g/mol. The van der Waals surface area contributed by atoms with E-state index >= 15 is 0 Å². The molecule has 7 nitrogen and oxygen atoms in total. The van der Waals surface area contributed by atoms with Gasteiger partial charge in [0, 0.05) is 32.0 Å². The molecule has 1 fully saturated rings. The van der Waals surface area contributed by atoms with Crippen LogP contribution in [0, 0.1) is 5.92 Å². The van der Waals surface area contributed by atoms with Crippen molar-refractivity contribution in [2.24, 2.45) is 13.0 Å². The van der Waals surface area contributed by atoms with E-state index in [0.717, 1.165) is 11.4 Å². The summed E-state index contributed by atoms with van der Waals surface area (Å²) in [6.45, 7) is 4.85. The predicted molar refractivity (Wildman–Crippen MR) is 137 cm³/mol. The van der Waals surface area contributed by atoms with Gasteiger partial charge in [-0.15, -0.1) is 10.2 Å². The van der Waals surface area contributed by atoms with E-state index in [-0.39, 0.29) is 30.3 Å². The molecular weight excluding hydrogens is 495 g/mol. The summed E-state index contributed by atoms with van der Waals surface area (Å²) < 4.78 is 49.7. The Hall–Kier alpha value is -3.24. The SMILES string of the molecule is COC1CC(c2cccc(N3Cc4c(cc(CNCC(C)C)cc4C(F)(F)F)C3=O)c2)(c2nncn2C)C1. The number of hydrogen-bond donors (Lipinski definition) is 1. The number of methoxy groups -OCH3 is 1. The van der Waals surface area contributed by atoms with E-state index in [2.05, 4.69) is 15.5 Å². The lowest BCUT2D eigenvalue weighted by molar-refractivity contribution is -0.138. The molecule has 1 aromatic heterocycles. The molecule has 3 aromatic rings. The second-order valence-corrected chi connectivity index (χ2v) is 10.7. The molecule has 1 amide bonds. The van der Waals surface area contributed by atoms with Crippen LogP contribution in [0.5, 0.6) is 0 Å². The standard InChI is InChI=1S/C28H32F3N5O2/c1-17(2)13-32-14-18-8-22-23(24(9-18)28(29,30)31)15-36(25(22)37)20-7-5-6-19(10-20)27(11-21(12-27)38-4)26-34-33-16-35(26)3/h5-10,16-17,21,32H,11-15H2,1-4H3. The summed E-state index contributed by atoms with van der Waals surface area (Å²) in [5, 5.41) is 11.6. The molecule has 1 saturated carbocycles. The molecule has 38 heavy (non-hydrogen) atoms. The summed E-state index contributed by atoms with van der Waals surface area (Å²) in [5.74, 6) is 0.719. The Morgan fingerprint density at radius 2 is 1.97 bits per heavy atom. The maximum absolute atomic E-state index is 14.1. The van der Waals surface area contributed by atoms with Gasteiger partial charge in [0.1, 0.15) is 12.2 Å². The largest absolute Gasteiger partial charge is 0.416 e. The van der Waals surface area contributed by atoms with Gasteiger partial charge in [-0.1, -0.05) is 26.0 Å². The van der Waals surface area contributed by atoms with Crippen molar-refractivity contribution >= 4 is 11.6 Å². The number of carbonyl (C=O) groups excluding carboxylic acids is 1. The first-order chi connectivity index (χ1) is 18.0. The number of anilines is 1. The number of aryl methyl sites for hydroxylation is 1. The van der Waals surface area contributed by atoms with Gasteiger partial charge in [0.25, 0.3) is 5.91 Å².